The summed E-state index contributed by atoms with van der Waals surface area (Å²) < 4.78 is 0. The van der Waals surface area contributed by atoms with E-state index in [1.165, 1.54) is 11.3 Å². The minimum atomic E-state index is 0.0475. The Kier molecular flexibility index (Phi) is 3.01. The molecule has 80 valence electrons. The van der Waals surface area contributed by atoms with Gasteiger partial charge in [-0.3, -0.25) is 9.59 Å². The monoisotopic (exact) mass is 224 g/mol. The molecule has 1 aromatic rings. The minimum Gasteiger partial charge on any atom is -0.361 e. The first-order valence-corrected chi connectivity index (χ1v) is 5.73. The summed E-state index contributed by atoms with van der Waals surface area (Å²) in [6.45, 7) is 1.98. The molecule has 0 radical (unpaired) electrons. The number of carbonyl (C=O) groups is 2. The quantitative estimate of drug-likeness (QED) is 0.759. The standard InChI is InChI=1S/C10H12N2O2S/c13-6-9-4-8(7-15-9)12-3-1-2-11-10(14)5-12/h4,6-7H,1-3,5H2,(H,11,14). The fourth-order valence-corrected chi connectivity index (χ4v) is 2.31. The SMILES string of the molecule is O=Cc1cc(N2CCCNC(=O)C2)cs1. The van der Waals surface area contributed by atoms with Crippen LogP contribution in [0.3, 0.4) is 0 Å². The maximum absolute atomic E-state index is 11.3. The van der Waals surface area contributed by atoms with Gasteiger partial charge in [0.05, 0.1) is 11.4 Å². The average molecular weight is 224 g/mol. The number of amides is 1. The molecule has 0 spiro atoms. The van der Waals surface area contributed by atoms with Crippen molar-refractivity contribution in [3.63, 3.8) is 0 Å². The van der Waals surface area contributed by atoms with Crippen molar-refractivity contribution in [2.45, 2.75) is 6.42 Å². The van der Waals surface area contributed by atoms with Crippen molar-refractivity contribution in [3.8, 4) is 0 Å². The summed E-state index contributed by atoms with van der Waals surface area (Å²) in [7, 11) is 0. The molecular weight excluding hydrogens is 212 g/mol. The first-order chi connectivity index (χ1) is 7.29. The maximum Gasteiger partial charge on any atom is 0.239 e. The Morgan fingerprint density at radius 3 is 3.13 bits per heavy atom. The van der Waals surface area contributed by atoms with Gasteiger partial charge >= 0.3 is 0 Å². The molecule has 0 saturated carbocycles. The van der Waals surface area contributed by atoms with Crippen molar-refractivity contribution in [1.82, 2.24) is 5.32 Å². The molecule has 2 rings (SSSR count). The summed E-state index contributed by atoms with van der Waals surface area (Å²) in [6.07, 6.45) is 1.78. The van der Waals surface area contributed by atoms with Gasteiger partial charge in [0.2, 0.25) is 5.91 Å². The van der Waals surface area contributed by atoms with Crippen LogP contribution >= 0.6 is 11.3 Å². The molecule has 1 saturated heterocycles. The second-order valence-electron chi connectivity index (χ2n) is 3.45. The predicted molar refractivity (Wildman–Crippen MR) is 59.5 cm³/mol. The Labute approximate surface area is 91.9 Å². The lowest BCUT2D eigenvalue weighted by Crippen LogP contribution is -2.32. The van der Waals surface area contributed by atoms with Gasteiger partial charge in [0.1, 0.15) is 0 Å². The van der Waals surface area contributed by atoms with E-state index in [1.807, 2.05) is 16.3 Å². The van der Waals surface area contributed by atoms with Gasteiger partial charge in [-0.15, -0.1) is 11.3 Å². The third-order valence-electron chi connectivity index (χ3n) is 2.35. The third-order valence-corrected chi connectivity index (χ3v) is 3.19. The van der Waals surface area contributed by atoms with Crippen LogP contribution < -0.4 is 10.2 Å². The molecular formula is C10H12N2O2S. The molecule has 1 aliphatic rings. The molecule has 1 fully saturated rings. The zero-order valence-corrected chi connectivity index (χ0v) is 9.05. The molecule has 5 heteroatoms. The van der Waals surface area contributed by atoms with E-state index in [2.05, 4.69) is 5.32 Å². The van der Waals surface area contributed by atoms with Gasteiger partial charge in [-0.1, -0.05) is 0 Å². The lowest BCUT2D eigenvalue weighted by molar-refractivity contribution is -0.119. The zero-order chi connectivity index (χ0) is 10.7. The van der Waals surface area contributed by atoms with E-state index in [1.54, 1.807) is 0 Å². The van der Waals surface area contributed by atoms with Gasteiger partial charge in [-0.05, 0) is 12.5 Å². The second-order valence-corrected chi connectivity index (χ2v) is 4.39. The highest BCUT2D eigenvalue weighted by atomic mass is 32.1. The van der Waals surface area contributed by atoms with Crippen molar-refractivity contribution in [2.24, 2.45) is 0 Å². The molecule has 4 nitrogen and oxygen atoms in total. The summed E-state index contributed by atoms with van der Waals surface area (Å²) in [5.41, 5.74) is 0.971. The van der Waals surface area contributed by atoms with Crippen LogP contribution in [0.1, 0.15) is 16.1 Å². The summed E-state index contributed by atoms with van der Waals surface area (Å²) in [6, 6.07) is 1.83. The van der Waals surface area contributed by atoms with Crippen molar-refractivity contribution in [1.29, 1.82) is 0 Å². The van der Waals surface area contributed by atoms with Gasteiger partial charge in [0.25, 0.3) is 0 Å². The van der Waals surface area contributed by atoms with Crippen molar-refractivity contribution >= 4 is 29.2 Å². The lowest BCUT2D eigenvalue weighted by atomic mass is 10.3. The van der Waals surface area contributed by atoms with Gasteiger partial charge in [-0.2, -0.15) is 0 Å². The smallest absolute Gasteiger partial charge is 0.239 e. The van der Waals surface area contributed by atoms with E-state index in [0.717, 1.165) is 31.5 Å². The summed E-state index contributed by atoms with van der Waals surface area (Å²) in [4.78, 5) is 24.6. The Balaban J connectivity index is 2.14. The molecule has 0 atom stereocenters. The van der Waals surface area contributed by atoms with E-state index < -0.39 is 0 Å². The molecule has 0 unspecified atom stereocenters. The molecule has 1 aromatic heterocycles. The number of hydrogen-bond acceptors (Lipinski definition) is 4. The van der Waals surface area contributed by atoms with E-state index in [0.29, 0.717) is 11.4 Å². The van der Waals surface area contributed by atoms with E-state index in [9.17, 15) is 9.59 Å². The van der Waals surface area contributed by atoms with Crippen LogP contribution in [0.2, 0.25) is 0 Å². The molecule has 0 aliphatic carbocycles. The number of aldehydes is 1. The Hall–Kier alpha value is -1.36. The van der Waals surface area contributed by atoms with E-state index in [-0.39, 0.29) is 5.91 Å². The lowest BCUT2D eigenvalue weighted by Gasteiger charge is -2.19. The highest BCUT2D eigenvalue weighted by Crippen LogP contribution is 2.22. The Bertz CT molecular complexity index is 375. The highest BCUT2D eigenvalue weighted by Gasteiger charge is 2.15. The molecule has 1 amide bonds. The molecule has 2 heterocycles. The Morgan fingerprint density at radius 2 is 2.40 bits per heavy atom. The van der Waals surface area contributed by atoms with Gasteiger partial charge in [0, 0.05) is 24.2 Å². The highest BCUT2D eigenvalue weighted by molar-refractivity contribution is 7.12. The van der Waals surface area contributed by atoms with Crippen LogP contribution in [0.25, 0.3) is 0 Å². The molecule has 1 aliphatic heterocycles. The number of carbonyl (C=O) groups excluding carboxylic acids is 2. The van der Waals surface area contributed by atoms with Crippen LogP contribution in [-0.4, -0.2) is 31.8 Å². The Morgan fingerprint density at radius 1 is 1.53 bits per heavy atom. The van der Waals surface area contributed by atoms with Crippen LogP contribution in [0.4, 0.5) is 5.69 Å². The van der Waals surface area contributed by atoms with Crippen LogP contribution in [0, 0.1) is 0 Å². The third kappa shape index (κ3) is 2.36. The minimum absolute atomic E-state index is 0.0475. The van der Waals surface area contributed by atoms with E-state index >= 15 is 0 Å². The van der Waals surface area contributed by atoms with E-state index in [4.69, 9.17) is 0 Å². The fraction of sp³-hybridized carbons (Fsp3) is 0.400. The van der Waals surface area contributed by atoms with Crippen molar-refractivity contribution in [3.05, 3.63) is 16.3 Å². The first kappa shape index (κ1) is 10.2. The summed E-state index contributed by atoms with van der Waals surface area (Å²) >= 11 is 1.41. The predicted octanol–water partition coefficient (Wildman–Crippen LogP) is 0.887. The number of hydrogen-bond donors (Lipinski definition) is 1. The van der Waals surface area contributed by atoms with Crippen LogP contribution in [0.5, 0.6) is 0 Å². The van der Waals surface area contributed by atoms with Crippen molar-refractivity contribution < 1.29 is 9.59 Å². The number of rotatable bonds is 2. The summed E-state index contributed by atoms with van der Waals surface area (Å²) in [5.74, 6) is 0.0475. The zero-order valence-electron chi connectivity index (χ0n) is 8.23. The van der Waals surface area contributed by atoms with Crippen LogP contribution in [0.15, 0.2) is 11.4 Å². The number of anilines is 1. The van der Waals surface area contributed by atoms with Gasteiger partial charge in [0.15, 0.2) is 6.29 Å². The van der Waals surface area contributed by atoms with Gasteiger partial charge < -0.3 is 10.2 Å². The normalized spacial score (nSPS) is 17.1. The first-order valence-electron chi connectivity index (χ1n) is 4.85. The number of nitrogens with zero attached hydrogens (tertiary/aromatic N) is 1. The topological polar surface area (TPSA) is 49.4 Å². The maximum atomic E-state index is 11.3. The average Bonchev–Trinajstić information content (AvgIpc) is 2.61. The molecule has 0 aromatic carbocycles. The molecule has 15 heavy (non-hydrogen) atoms. The second kappa shape index (κ2) is 4.44. The molecule has 0 bridgehead atoms. The van der Waals surface area contributed by atoms with Crippen molar-refractivity contribution in [2.75, 3.05) is 24.5 Å². The number of thiophene rings is 1. The summed E-state index contributed by atoms with van der Waals surface area (Å²) in [5, 5.41) is 4.74. The largest absolute Gasteiger partial charge is 0.361 e. The van der Waals surface area contributed by atoms with Gasteiger partial charge in [-0.25, -0.2) is 0 Å². The van der Waals surface area contributed by atoms with Crippen LogP contribution in [-0.2, 0) is 4.79 Å². The molecule has 1 N–H and O–H groups in total. The fourth-order valence-electron chi connectivity index (χ4n) is 1.60. The number of nitrogens with one attached hydrogen (secondary N) is 1.